The van der Waals surface area contributed by atoms with Crippen LogP contribution < -0.4 is 10.1 Å². The molecule has 0 saturated carbocycles. The Labute approximate surface area is 129 Å². The minimum absolute atomic E-state index is 0.205. The molecule has 0 aliphatic heterocycles. The van der Waals surface area contributed by atoms with Crippen molar-refractivity contribution in [2.24, 2.45) is 0 Å². The van der Waals surface area contributed by atoms with Crippen molar-refractivity contribution in [1.29, 1.82) is 0 Å². The monoisotopic (exact) mass is 343 g/mol. The number of carbonyl (C=O) groups excluding carboxylic acids is 1. The summed E-state index contributed by atoms with van der Waals surface area (Å²) in [5.74, 6) is 0.526. The van der Waals surface area contributed by atoms with Gasteiger partial charge in [-0.05, 0) is 32.0 Å². The summed E-state index contributed by atoms with van der Waals surface area (Å²) < 4.78 is 11.3. The molecule has 0 aliphatic carbocycles. The van der Waals surface area contributed by atoms with E-state index in [1.54, 1.807) is 0 Å². The molecule has 1 aromatic rings. The molecule has 0 fully saturated rings. The van der Waals surface area contributed by atoms with Crippen LogP contribution in [-0.4, -0.2) is 26.2 Å². The van der Waals surface area contributed by atoms with E-state index in [1.165, 1.54) is 7.11 Å². The van der Waals surface area contributed by atoms with Crippen LogP contribution in [0.4, 0.5) is 0 Å². The van der Waals surface area contributed by atoms with Gasteiger partial charge < -0.3 is 14.8 Å². The lowest BCUT2D eigenvalue weighted by Gasteiger charge is -2.18. The largest absolute Gasteiger partial charge is 0.493 e. The van der Waals surface area contributed by atoms with Crippen molar-refractivity contribution in [1.82, 2.24) is 5.32 Å². The first-order valence-corrected chi connectivity index (χ1v) is 7.60. The molecule has 0 spiro atoms. The first-order valence-electron chi connectivity index (χ1n) is 6.81. The maximum atomic E-state index is 11.1. The van der Waals surface area contributed by atoms with E-state index < -0.39 is 0 Å². The fourth-order valence-electron chi connectivity index (χ4n) is 1.81. The average Bonchev–Trinajstić information content (AvgIpc) is 2.44. The fourth-order valence-corrected chi connectivity index (χ4v) is 2.15. The third-order valence-corrected chi connectivity index (χ3v) is 3.43. The van der Waals surface area contributed by atoms with Gasteiger partial charge in [0.25, 0.3) is 0 Å². The number of carbonyl (C=O) groups is 1. The van der Waals surface area contributed by atoms with Gasteiger partial charge in [0, 0.05) is 16.1 Å². The molecule has 5 heteroatoms. The van der Waals surface area contributed by atoms with Crippen molar-refractivity contribution in [3.05, 3.63) is 28.2 Å². The molecule has 0 radical (unpaired) electrons. The third kappa shape index (κ3) is 5.51. The van der Waals surface area contributed by atoms with Crippen molar-refractivity contribution >= 4 is 21.9 Å². The van der Waals surface area contributed by atoms with Crippen LogP contribution in [0.3, 0.4) is 0 Å². The van der Waals surface area contributed by atoms with Gasteiger partial charge in [-0.1, -0.05) is 28.9 Å². The Kier molecular flexibility index (Phi) is 7.62. The number of esters is 1. The Morgan fingerprint density at radius 3 is 2.85 bits per heavy atom. The quantitative estimate of drug-likeness (QED) is 0.734. The predicted octanol–water partition coefficient (Wildman–Crippen LogP) is 3.45. The molecule has 0 saturated heterocycles. The zero-order valence-corrected chi connectivity index (χ0v) is 13.8. The van der Waals surface area contributed by atoms with Crippen molar-refractivity contribution in [3.63, 3.8) is 0 Å². The van der Waals surface area contributed by atoms with Gasteiger partial charge in [-0.2, -0.15) is 0 Å². The van der Waals surface area contributed by atoms with Gasteiger partial charge in [0.1, 0.15) is 5.75 Å². The van der Waals surface area contributed by atoms with Crippen molar-refractivity contribution in [2.75, 3.05) is 20.3 Å². The molecule has 1 N–H and O–H groups in total. The standard InChI is InChI=1S/C15H22BrNO3/c1-4-8-17-11(2)13-6-5-12(16)10-14(13)20-9-7-15(18)19-3/h5-6,10-11,17H,4,7-9H2,1-3H3. The predicted molar refractivity (Wildman–Crippen MR) is 83.0 cm³/mol. The van der Waals surface area contributed by atoms with Gasteiger partial charge in [-0.3, -0.25) is 4.79 Å². The van der Waals surface area contributed by atoms with Gasteiger partial charge in [0.2, 0.25) is 0 Å². The lowest BCUT2D eigenvalue weighted by molar-refractivity contribution is -0.141. The number of hydrogen-bond donors (Lipinski definition) is 1. The first kappa shape index (κ1) is 17.0. The molecular weight excluding hydrogens is 322 g/mol. The molecular formula is C15H22BrNO3. The van der Waals surface area contributed by atoms with Gasteiger partial charge in [-0.15, -0.1) is 0 Å². The molecule has 1 rings (SSSR count). The number of halogens is 1. The summed E-state index contributed by atoms with van der Waals surface area (Å²) in [7, 11) is 1.38. The molecule has 1 atom stereocenters. The molecule has 1 aromatic carbocycles. The van der Waals surface area contributed by atoms with E-state index in [9.17, 15) is 4.79 Å². The molecule has 0 heterocycles. The summed E-state index contributed by atoms with van der Waals surface area (Å²) in [4.78, 5) is 11.1. The van der Waals surface area contributed by atoms with E-state index >= 15 is 0 Å². The average molecular weight is 344 g/mol. The SMILES string of the molecule is CCCNC(C)c1ccc(Br)cc1OCCC(=O)OC. The van der Waals surface area contributed by atoms with Crippen LogP contribution in [0.15, 0.2) is 22.7 Å². The van der Waals surface area contributed by atoms with E-state index in [4.69, 9.17) is 4.74 Å². The second-order valence-corrected chi connectivity index (χ2v) is 5.45. The zero-order chi connectivity index (χ0) is 15.0. The maximum absolute atomic E-state index is 11.1. The molecule has 1 unspecified atom stereocenters. The highest BCUT2D eigenvalue weighted by molar-refractivity contribution is 9.10. The second-order valence-electron chi connectivity index (χ2n) is 4.53. The smallest absolute Gasteiger partial charge is 0.308 e. The van der Waals surface area contributed by atoms with E-state index in [0.29, 0.717) is 6.61 Å². The number of nitrogens with one attached hydrogen (secondary N) is 1. The van der Waals surface area contributed by atoms with Crippen LogP contribution in [0.5, 0.6) is 5.75 Å². The fraction of sp³-hybridized carbons (Fsp3) is 0.533. The minimum atomic E-state index is -0.265. The lowest BCUT2D eigenvalue weighted by Crippen LogP contribution is -2.20. The zero-order valence-electron chi connectivity index (χ0n) is 12.2. The van der Waals surface area contributed by atoms with Crippen molar-refractivity contribution in [2.45, 2.75) is 32.7 Å². The van der Waals surface area contributed by atoms with Crippen LogP contribution in [0.1, 0.15) is 38.3 Å². The maximum Gasteiger partial charge on any atom is 0.308 e. The number of benzene rings is 1. The third-order valence-electron chi connectivity index (χ3n) is 2.93. The number of rotatable bonds is 8. The van der Waals surface area contributed by atoms with Crippen LogP contribution in [0, 0.1) is 0 Å². The first-order chi connectivity index (χ1) is 9.58. The van der Waals surface area contributed by atoms with Crippen molar-refractivity contribution in [3.8, 4) is 5.75 Å². The Bertz CT molecular complexity index is 437. The van der Waals surface area contributed by atoms with Crippen LogP contribution in [-0.2, 0) is 9.53 Å². The summed E-state index contributed by atoms with van der Waals surface area (Å²) in [6.45, 7) is 5.51. The lowest BCUT2D eigenvalue weighted by atomic mass is 10.1. The van der Waals surface area contributed by atoms with E-state index in [1.807, 2.05) is 18.2 Å². The van der Waals surface area contributed by atoms with Crippen molar-refractivity contribution < 1.29 is 14.3 Å². The minimum Gasteiger partial charge on any atom is -0.493 e. The number of methoxy groups -OCH3 is 1. The Balaban J connectivity index is 2.71. The number of hydrogen-bond acceptors (Lipinski definition) is 4. The molecule has 0 bridgehead atoms. The van der Waals surface area contributed by atoms with E-state index in [-0.39, 0.29) is 18.4 Å². The highest BCUT2D eigenvalue weighted by Crippen LogP contribution is 2.28. The van der Waals surface area contributed by atoms with Gasteiger partial charge in [0.05, 0.1) is 20.1 Å². The summed E-state index contributed by atoms with van der Waals surface area (Å²) in [5.41, 5.74) is 1.09. The Hall–Kier alpha value is -1.07. The summed E-state index contributed by atoms with van der Waals surface area (Å²) >= 11 is 3.44. The Morgan fingerprint density at radius 1 is 1.45 bits per heavy atom. The molecule has 0 aromatic heterocycles. The van der Waals surface area contributed by atoms with Gasteiger partial charge >= 0.3 is 5.97 Å². The normalized spacial score (nSPS) is 12.0. The van der Waals surface area contributed by atoms with Crippen LogP contribution in [0.25, 0.3) is 0 Å². The highest BCUT2D eigenvalue weighted by atomic mass is 79.9. The molecule has 112 valence electrons. The molecule has 0 amide bonds. The summed E-state index contributed by atoms with van der Waals surface area (Å²) in [6.07, 6.45) is 1.33. The van der Waals surface area contributed by atoms with E-state index in [2.05, 4.69) is 39.8 Å². The van der Waals surface area contributed by atoms with E-state index in [0.717, 1.165) is 28.8 Å². The topological polar surface area (TPSA) is 47.6 Å². The Morgan fingerprint density at radius 2 is 2.20 bits per heavy atom. The number of ether oxygens (including phenoxy) is 2. The molecule has 0 aliphatic rings. The van der Waals surface area contributed by atoms with Crippen LogP contribution >= 0.6 is 15.9 Å². The van der Waals surface area contributed by atoms with Gasteiger partial charge in [0.15, 0.2) is 0 Å². The molecule has 4 nitrogen and oxygen atoms in total. The van der Waals surface area contributed by atoms with Gasteiger partial charge in [-0.25, -0.2) is 0 Å². The summed E-state index contributed by atoms with van der Waals surface area (Å²) in [5, 5.41) is 3.43. The highest BCUT2D eigenvalue weighted by Gasteiger charge is 2.12. The molecule has 20 heavy (non-hydrogen) atoms. The van der Waals surface area contributed by atoms with Crippen LogP contribution in [0.2, 0.25) is 0 Å². The second kappa shape index (κ2) is 8.97. The summed E-state index contributed by atoms with van der Waals surface area (Å²) in [6, 6.07) is 6.16.